The number of likely N-dealkylation sites (tertiary alicyclic amines) is 1. The predicted octanol–water partition coefficient (Wildman–Crippen LogP) is 5.95. The van der Waals surface area contributed by atoms with Gasteiger partial charge in [0, 0.05) is 6.42 Å². The van der Waals surface area contributed by atoms with Crippen molar-refractivity contribution >= 4 is 40.9 Å². The number of amides is 3. The van der Waals surface area contributed by atoms with Gasteiger partial charge in [-0.1, -0.05) is 29.8 Å². The van der Waals surface area contributed by atoms with Crippen LogP contribution in [0.5, 0.6) is 11.5 Å². The molecule has 4 rings (SSSR count). The van der Waals surface area contributed by atoms with Gasteiger partial charge >= 0.3 is 12.0 Å². The number of esters is 1. The molecule has 9 nitrogen and oxygen atoms in total. The SMILES string of the molecule is COC(=O)c1ccc(OCC2CC(F)(F)CN2C(=O)Cc2ccc(NC(=O)Nc3ccccc3Cl)c(OC)c2)cc1C. The van der Waals surface area contributed by atoms with E-state index in [-0.39, 0.29) is 18.8 Å². The minimum Gasteiger partial charge on any atom is -0.495 e. The molecule has 1 atom stereocenters. The Kier molecular flexibility index (Phi) is 9.52. The summed E-state index contributed by atoms with van der Waals surface area (Å²) in [6.45, 7) is 0.837. The molecule has 0 radical (unpaired) electrons. The van der Waals surface area contributed by atoms with Crippen molar-refractivity contribution < 1.29 is 37.4 Å². The van der Waals surface area contributed by atoms with Gasteiger partial charge in [0.2, 0.25) is 5.91 Å². The van der Waals surface area contributed by atoms with Gasteiger partial charge in [0.25, 0.3) is 5.92 Å². The number of ether oxygens (including phenoxy) is 3. The maximum absolute atomic E-state index is 14.4. The summed E-state index contributed by atoms with van der Waals surface area (Å²) >= 11 is 6.09. The van der Waals surface area contributed by atoms with E-state index >= 15 is 0 Å². The lowest BCUT2D eigenvalue weighted by molar-refractivity contribution is -0.133. The summed E-state index contributed by atoms with van der Waals surface area (Å²) < 4.78 is 44.7. The van der Waals surface area contributed by atoms with Crippen molar-refractivity contribution in [2.75, 3.05) is 38.0 Å². The number of carbonyl (C=O) groups is 3. The summed E-state index contributed by atoms with van der Waals surface area (Å²) in [5.74, 6) is -3.39. The van der Waals surface area contributed by atoms with E-state index in [1.165, 1.54) is 20.3 Å². The topological polar surface area (TPSA) is 106 Å². The predicted molar refractivity (Wildman–Crippen MR) is 154 cm³/mol. The van der Waals surface area contributed by atoms with Crippen LogP contribution in [0.2, 0.25) is 5.02 Å². The lowest BCUT2D eigenvalue weighted by atomic mass is 10.1. The highest BCUT2D eigenvalue weighted by Crippen LogP contribution is 2.34. The van der Waals surface area contributed by atoms with Crippen LogP contribution in [0.1, 0.15) is 27.9 Å². The summed E-state index contributed by atoms with van der Waals surface area (Å²) in [4.78, 5) is 38.6. The van der Waals surface area contributed by atoms with E-state index < -0.39 is 42.8 Å². The maximum Gasteiger partial charge on any atom is 0.338 e. The molecule has 0 aliphatic carbocycles. The summed E-state index contributed by atoms with van der Waals surface area (Å²) in [5.41, 5.74) is 2.25. The number of nitrogens with zero attached hydrogens (tertiary/aromatic N) is 1. The molecule has 2 N–H and O–H groups in total. The van der Waals surface area contributed by atoms with Gasteiger partial charge in [0.05, 0.1) is 55.2 Å². The molecular formula is C30H30ClF2N3O6. The average Bonchev–Trinajstić information content (AvgIpc) is 3.28. The molecule has 0 bridgehead atoms. The number of halogens is 3. The van der Waals surface area contributed by atoms with Crippen LogP contribution in [0.3, 0.4) is 0 Å². The van der Waals surface area contributed by atoms with Crippen LogP contribution in [-0.2, 0) is 16.0 Å². The van der Waals surface area contributed by atoms with E-state index in [0.29, 0.717) is 38.8 Å². The van der Waals surface area contributed by atoms with Crippen LogP contribution >= 0.6 is 11.6 Å². The molecule has 3 aromatic carbocycles. The second-order valence-corrected chi connectivity index (χ2v) is 10.2. The zero-order valence-electron chi connectivity index (χ0n) is 23.2. The number of nitrogens with one attached hydrogen (secondary N) is 2. The number of rotatable bonds is 9. The third kappa shape index (κ3) is 7.47. The first-order chi connectivity index (χ1) is 20.0. The number of carbonyl (C=O) groups excluding carboxylic acids is 3. The van der Waals surface area contributed by atoms with Crippen molar-refractivity contribution in [3.05, 3.63) is 82.4 Å². The highest BCUT2D eigenvalue weighted by atomic mass is 35.5. The minimum atomic E-state index is -3.06. The fourth-order valence-corrected chi connectivity index (χ4v) is 4.84. The first kappa shape index (κ1) is 30.6. The largest absolute Gasteiger partial charge is 0.495 e. The first-order valence-electron chi connectivity index (χ1n) is 13.0. The first-order valence-corrected chi connectivity index (χ1v) is 13.4. The van der Waals surface area contributed by atoms with Crippen molar-refractivity contribution in [1.29, 1.82) is 0 Å². The van der Waals surface area contributed by atoms with Gasteiger partial charge in [0.1, 0.15) is 18.1 Å². The van der Waals surface area contributed by atoms with Gasteiger partial charge in [-0.25, -0.2) is 18.4 Å². The second kappa shape index (κ2) is 13.1. The number of para-hydroxylation sites is 1. The van der Waals surface area contributed by atoms with Crippen LogP contribution in [0.15, 0.2) is 60.7 Å². The molecule has 3 amide bonds. The molecule has 222 valence electrons. The van der Waals surface area contributed by atoms with Crippen molar-refractivity contribution in [3.8, 4) is 11.5 Å². The molecule has 42 heavy (non-hydrogen) atoms. The van der Waals surface area contributed by atoms with Gasteiger partial charge in [-0.3, -0.25) is 4.79 Å². The Morgan fingerprint density at radius 1 is 1.02 bits per heavy atom. The number of hydrogen-bond acceptors (Lipinski definition) is 6. The molecular weight excluding hydrogens is 572 g/mol. The fraction of sp³-hybridized carbons (Fsp3) is 0.300. The van der Waals surface area contributed by atoms with Crippen molar-refractivity contribution in [3.63, 3.8) is 0 Å². The van der Waals surface area contributed by atoms with E-state index in [0.717, 1.165) is 4.90 Å². The fourth-order valence-electron chi connectivity index (χ4n) is 4.66. The van der Waals surface area contributed by atoms with Crippen molar-refractivity contribution in [2.24, 2.45) is 0 Å². The molecule has 1 fully saturated rings. The Hall–Kier alpha value is -4.38. The number of hydrogen-bond donors (Lipinski definition) is 2. The van der Waals surface area contributed by atoms with Gasteiger partial charge in [-0.05, 0) is 60.5 Å². The third-order valence-electron chi connectivity index (χ3n) is 6.73. The highest BCUT2D eigenvalue weighted by molar-refractivity contribution is 6.33. The Bertz CT molecular complexity index is 1490. The Labute approximate surface area is 246 Å². The van der Waals surface area contributed by atoms with E-state index in [9.17, 15) is 23.2 Å². The smallest absolute Gasteiger partial charge is 0.338 e. The van der Waals surface area contributed by atoms with Gasteiger partial charge in [-0.15, -0.1) is 0 Å². The third-order valence-corrected chi connectivity index (χ3v) is 7.06. The minimum absolute atomic E-state index is 0.148. The number of alkyl halides is 2. The quantitative estimate of drug-likeness (QED) is 0.294. The summed E-state index contributed by atoms with van der Waals surface area (Å²) in [6.07, 6.45) is -0.702. The average molecular weight is 602 g/mol. The zero-order chi connectivity index (χ0) is 30.4. The van der Waals surface area contributed by atoms with Gasteiger partial charge in [0.15, 0.2) is 0 Å². The van der Waals surface area contributed by atoms with E-state index in [1.807, 2.05) is 0 Å². The van der Waals surface area contributed by atoms with Crippen molar-refractivity contribution in [2.45, 2.75) is 31.7 Å². The lowest BCUT2D eigenvalue weighted by Crippen LogP contribution is -2.40. The number of benzene rings is 3. The highest BCUT2D eigenvalue weighted by Gasteiger charge is 2.47. The molecule has 3 aromatic rings. The second-order valence-electron chi connectivity index (χ2n) is 9.79. The van der Waals surface area contributed by atoms with E-state index in [4.69, 9.17) is 25.8 Å². The standard InChI is InChI=1S/C30H30ClF2N3O6/c1-18-12-21(9-10-22(18)28(38)41-3)42-16-20-15-30(32,33)17-36(20)27(37)14-19-8-11-25(26(13-19)40-2)35-29(39)34-24-7-5-4-6-23(24)31/h4-13,20H,14-17H2,1-3H3,(H2,34,35,39). The Morgan fingerprint density at radius 3 is 2.45 bits per heavy atom. The van der Waals surface area contributed by atoms with Gasteiger partial charge < -0.3 is 29.7 Å². The summed E-state index contributed by atoms with van der Waals surface area (Å²) in [7, 11) is 2.69. The van der Waals surface area contributed by atoms with Crippen LogP contribution in [-0.4, -0.2) is 62.1 Å². The van der Waals surface area contributed by atoms with E-state index in [1.54, 1.807) is 61.5 Å². The zero-order valence-corrected chi connectivity index (χ0v) is 24.0. The van der Waals surface area contributed by atoms with Crippen LogP contribution in [0.25, 0.3) is 0 Å². The molecule has 12 heteroatoms. The van der Waals surface area contributed by atoms with Gasteiger partial charge in [-0.2, -0.15) is 0 Å². The molecule has 1 aliphatic heterocycles. The molecule has 1 unspecified atom stereocenters. The normalized spacial score (nSPS) is 15.6. The van der Waals surface area contributed by atoms with Crippen molar-refractivity contribution in [1.82, 2.24) is 4.90 Å². The Balaban J connectivity index is 1.40. The molecule has 1 saturated heterocycles. The number of aryl methyl sites for hydroxylation is 1. The molecule has 1 heterocycles. The van der Waals surface area contributed by atoms with Crippen LogP contribution < -0.4 is 20.1 Å². The number of urea groups is 1. The van der Waals surface area contributed by atoms with Crippen LogP contribution in [0.4, 0.5) is 25.0 Å². The lowest BCUT2D eigenvalue weighted by Gasteiger charge is -2.24. The Morgan fingerprint density at radius 2 is 1.76 bits per heavy atom. The molecule has 0 aromatic heterocycles. The molecule has 0 saturated carbocycles. The number of methoxy groups -OCH3 is 2. The molecule has 0 spiro atoms. The summed E-state index contributed by atoms with van der Waals surface area (Å²) in [5, 5.41) is 5.68. The van der Waals surface area contributed by atoms with Crippen LogP contribution in [0, 0.1) is 6.92 Å². The van der Waals surface area contributed by atoms with E-state index in [2.05, 4.69) is 10.6 Å². The maximum atomic E-state index is 14.4. The molecule has 1 aliphatic rings. The number of anilines is 2. The summed E-state index contributed by atoms with van der Waals surface area (Å²) in [6, 6.07) is 14.8. The monoisotopic (exact) mass is 601 g/mol.